The second-order valence-electron chi connectivity index (χ2n) is 4.27. The third-order valence-electron chi connectivity index (χ3n) is 2.97. The molecular formula is C15H13N3O. The Balaban J connectivity index is 2.28. The molecule has 1 heterocycles. The standard InChI is InChI=1S/C15H13N3O/c1-17-15(19)18(13-10-6-3-7-11-13)14(16-17)12-8-4-2-5-9-12/h2-11H,1H3. The van der Waals surface area contributed by atoms with Crippen molar-refractivity contribution in [3.8, 4) is 17.1 Å². The summed E-state index contributed by atoms with van der Waals surface area (Å²) >= 11 is 0. The number of para-hydroxylation sites is 1. The zero-order valence-electron chi connectivity index (χ0n) is 10.5. The lowest BCUT2D eigenvalue weighted by molar-refractivity contribution is 0.727. The molecule has 4 nitrogen and oxygen atoms in total. The summed E-state index contributed by atoms with van der Waals surface area (Å²) in [5, 5.41) is 4.32. The van der Waals surface area contributed by atoms with Crippen LogP contribution in [0.4, 0.5) is 0 Å². The molecule has 0 saturated carbocycles. The minimum absolute atomic E-state index is 0.148. The molecule has 0 aliphatic heterocycles. The van der Waals surface area contributed by atoms with Crippen molar-refractivity contribution in [1.29, 1.82) is 0 Å². The zero-order valence-corrected chi connectivity index (χ0v) is 10.5. The third kappa shape index (κ3) is 1.97. The van der Waals surface area contributed by atoms with Crippen molar-refractivity contribution in [2.45, 2.75) is 0 Å². The van der Waals surface area contributed by atoms with Crippen LogP contribution in [0.3, 0.4) is 0 Å². The fourth-order valence-corrected chi connectivity index (χ4v) is 2.05. The van der Waals surface area contributed by atoms with Gasteiger partial charge in [0.05, 0.1) is 5.69 Å². The van der Waals surface area contributed by atoms with Gasteiger partial charge in [-0.3, -0.25) is 0 Å². The van der Waals surface area contributed by atoms with Crippen LogP contribution in [0.2, 0.25) is 0 Å². The molecule has 4 heteroatoms. The van der Waals surface area contributed by atoms with Gasteiger partial charge in [0.15, 0.2) is 5.82 Å². The van der Waals surface area contributed by atoms with Crippen LogP contribution < -0.4 is 5.69 Å². The van der Waals surface area contributed by atoms with Gasteiger partial charge in [0.1, 0.15) is 0 Å². The van der Waals surface area contributed by atoms with Crippen molar-refractivity contribution in [3.63, 3.8) is 0 Å². The Labute approximate surface area is 110 Å². The van der Waals surface area contributed by atoms with Crippen LogP contribution in [0, 0.1) is 0 Å². The molecule has 0 aliphatic rings. The molecule has 0 unspecified atom stereocenters. The molecule has 3 aromatic rings. The molecule has 0 N–H and O–H groups in total. The quantitative estimate of drug-likeness (QED) is 0.700. The molecular weight excluding hydrogens is 238 g/mol. The van der Waals surface area contributed by atoms with Crippen molar-refractivity contribution >= 4 is 0 Å². The molecule has 0 saturated heterocycles. The summed E-state index contributed by atoms with van der Waals surface area (Å²) in [6, 6.07) is 19.2. The van der Waals surface area contributed by atoms with E-state index in [-0.39, 0.29) is 5.69 Å². The number of nitrogens with zero attached hydrogens (tertiary/aromatic N) is 3. The highest BCUT2D eigenvalue weighted by molar-refractivity contribution is 5.57. The second kappa shape index (κ2) is 4.57. The summed E-state index contributed by atoms with van der Waals surface area (Å²) in [5.74, 6) is 0.652. The number of hydrogen-bond donors (Lipinski definition) is 0. The van der Waals surface area contributed by atoms with Gasteiger partial charge in [-0.15, -0.1) is 5.10 Å². The summed E-state index contributed by atoms with van der Waals surface area (Å²) in [6.07, 6.45) is 0. The predicted octanol–water partition coefficient (Wildman–Crippen LogP) is 2.24. The summed E-state index contributed by atoms with van der Waals surface area (Å²) in [6.45, 7) is 0. The molecule has 0 spiro atoms. The van der Waals surface area contributed by atoms with Crippen LogP contribution in [0.25, 0.3) is 17.1 Å². The Morgan fingerprint density at radius 1 is 0.895 bits per heavy atom. The van der Waals surface area contributed by atoms with Crippen molar-refractivity contribution in [1.82, 2.24) is 14.3 Å². The van der Waals surface area contributed by atoms with E-state index in [2.05, 4.69) is 5.10 Å². The van der Waals surface area contributed by atoms with E-state index < -0.39 is 0 Å². The van der Waals surface area contributed by atoms with Gasteiger partial charge in [0.25, 0.3) is 0 Å². The maximum atomic E-state index is 12.2. The highest BCUT2D eigenvalue weighted by Gasteiger charge is 2.13. The van der Waals surface area contributed by atoms with Crippen molar-refractivity contribution in [3.05, 3.63) is 71.1 Å². The first-order valence-corrected chi connectivity index (χ1v) is 6.04. The first kappa shape index (κ1) is 11.5. The Kier molecular flexibility index (Phi) is 2.76. The average Bonchev–Trinajstić information content (AvgIpc) is 2.77. The third-order valence-corrected chi connectivity index (χ3v) is 2.97. The fraction of sp³-hybridized carbons (Fsp3) is 0.0667. The van der Waals surface area contributed by atoms with E-state index >= 15 is 0 Å². The van der Waals surface area contributed by atoms with Crippen LogP contribution in [0.15, 0.2) is 65.5 Å². The lowest BCUT2D eigenvalue weighted by atomic mass is 10.2. The summed E-state index contributed by atoms with van der Waals surface area (Å²) < 4.78 is 2.98. The number of aromatic nitrogens is 3. The largest absolute Gasteiger partial charge is 0.350 e. The highest BCUT2D eigenvalue weighted by atomic mass is 16.2. The molecule has 0 amide bonds. The molecule has 19 heavy (non-hydrogen) atoms. The topological polar surface area (TPSA) is 39.8 Å². The van der Waals surface area contributed by atoms with Crippen molar-refractivity contribution in [2.24, 2.45) is 7.05 Å². The Morgan fingerprint density at radius 2 is 1.47 bits per heavy atom. The molecule has 0 aliphatic carbocycles. The SMILES string of the molecule is Cn1nc(-c2ccccc2)n(-c2ccccc2)c1=O. The van der Waals surface area contributed by atoms with Gasteiger partial charge in [0, 0.05) is 12.6 Å². The maximum Gasteiger partial charge on any atom is 0.350 e. The molecule has 94 valence electrons. The maximum absolute atomic E-state index is 12.2. The van der Waals surface area contributed by atoms with Crippen molar-refractivity contribution < 1.29 is 0 Å². The lowest BCUT2D eigenvalue weighted by Gasteiger charge is -2.04. The fourth-order valence-electron chi connectivity index (χ4n) is 2.05. The summed E-state index contributed by atoms with van der Waals surface area (Å²) in [5.41, 5.74) is 1.59. The Bertz CT molecular complexity index is 742. The van der Waals surface area contributed by atoms with E-state index in [9.17, 15) is 4.79 Å². The van der Waals surface area contributed by atoms with Crippen LogP contribution in [0.5, 0.6) is 0 Å². The Hall–Kier alpha value is -2.62. The van der Waals surface area contributed by atoms with Gasteiger partial charge in [-0.2, -0.15) is 0 Å². The summed E-state index contributed by atoms with van der Waals surface area (Å²) in [7, 11) is 1.66. The molecule has 0 bridgehead atoms. The average molecular weight is 251 g/mol. The summed E-state index contributed by atoms with van der Waals surface area (Å²) in [4.78, 5) is 12.2. The van der Waals surface area contributed by atoms with E-state index in [4.69, 9.17) is 0 Å². The minimum atomic E-state index is -0.148. The van der Waals surface area contributed by atoms with E-state index in [1.165, 1.54) is 4.68 Å². The first-order valence-electron chi connectivity index (χ1n) is 6.04. The zero-order chi connectivity index (χ0) is 13.2. The molecule has 0 radical (unpaired) electrons. The normalized spacial score (nSPS) is 10.6. The number of benzene rings is 2. The molecule has 1 aromatic heterocycles. The van der Waals surface area contributed by atoms with E-state index in [1.54, 1.807) is 11.6 Å². The van der Waals surface area contributed by atoms with Gasteiger partial charge in [0.2, 0.25) is 0 Å². The van der Waals surface area contributed by atoms with Gasteiger partial charge >= 0.3 is 5.69 Å². The van der Waals surface area contributed by atoms with E-state index in [0.717, 1.165) is 11.3 Å². The van der Waals surface area contributed by atoms with E-state index in [1.807, 2.05) is 60.7 Å². The van der Waals surface area contributed by atoms with Gasteiger partial charge < -0.3 is 0 Å². The predicted molar refractivity (Wildman–Crippen MR) is 74.2 cm³/mol. The van der Waals surface area contributed by atoms with Crippen LogP contribution in [-0.2, 0) is 7.05 Å². The van der Waals surface area contributed by atoms with Gasteiger partial charge in [-0.1, -0.05) is 48.5 Å². The molecule has 3 rings (SSSR count). The highest BCUT2D eigenvalue weighted by Crippen LogP contribution is 2.18. The minimum Gasteiger partial charge on any atom is -0.246 e. The van der Waals surface area contributed by atoms with Crippen LogP contribution in [-0.4, -0.2) is 14.3 Å². The molecule has 0 atom stereocenters. The number of rotatable bonds is 2. The number of aryl methyl sites for hydroxylation is 1. The monoisotopic (exact) mass is 251 g/mol. The molecule has 0 fully saturated rings. The van der Waals surface area contributed by atoms with Crippen molar-refractivity contribution in [2.75, 3.05) is 0 Å². The van der Waals surface area contributed by atoms with Crippen LogP contribution in [0.1, 0.15) is 0 Å². The second-order valence-corrected chi connectivity index (χ2v) is 4.27. The van der Waals surface area contributed by atoms with Crippen LogP contribution >= 0.6 is 0 Å². The van der Waals surface area contributed by atoms with Gasteiger partial charge in [-0.05, 0) is 12.1 Å². The smallest absolute Gasteiger partial charge is 0.246 e. The van der Waals surface area contributed by atoms with E-state index in [0.29, 0.717) is 5.82 Å². The lowest BCUT2D eigenvalue weighted by Crippen LogP contribution is -2.21. The molecule has 2 aromatic carbocycles. The number of hydrogen-bond acceptors (Lipinski definition) is 2. The first-order chi connectivity index (χ1) is 9.27. The van der Waals surface area contributed by atoms with Gasteiger partial charge in [-0.25, -0.2) is 14.0 Å². The Morgan fingerprint density at radius 3 is 2.11 bits per heavy atom.